The zero-order chi connectivity index (χ0) is 9.26. The van der Waals surface area contributed by atoms with Gasteiger partial charge in [-0.25, -0.2) is 4.98 Å². The molecule has 2 heterocycles. The topological polar surface area (TPSA) is 29.0 Å². The highest BCUT2D eigenvalue weighted by Gasteiger charge is 2.15. The molecule has 0 bridgehead atoms. The molecule has 0 atom stereocenters. The van der Waals surface area contributed by atoms with Crippen molar-refractivity contribution < 1.29 is 0 Å². The average molecular weight is 195 g/mol. The van der Waals surface area contributed by atoms with Gasteiger partial charge in [-0.05, 0) is 19.8 Å². The summed E-state index contributed by atoms with van der Waals surface area (Å²) < 4.78 is 4.18. The standard InChI is InChI=1S/C9H13N3S/c1-7-3-5-12(6-4-7)9-10-8(2)11-13-9/h1,3-6H2,2H3. The Hall–Kier alpha value is -0.900. The lowest BCUT2D eigenvalue weighted by atomic mass is 10.1. The van der Waals surface area contributed by atoms with Gasteiger partial charge in [-0.15, -0.1) is 0 Å². The van der Waals surface area contributed by atoms with Gasteiger partial charge >= 0.3 is 0 Å². The summed E-state index contributed by atoms with van der Waals surface area (Å²) in [5.74, 6) is 0.879. The van der Waals surface area contributed by atoms with E-state index in [9.17, 15) is 0 Å². The lowest BCUT2D eigenvalue weighted by Gasteiger charge is -2.26. The van der Waals surface area contributed by atoms with Crippen molar-refractivity contribution in [3.05, 3.63) is 18.0 Å². The molecule has 2 rings (SSSR count). The van der Waals surface area contributed by atoms with Crippen LogP contribution in [0.25, 0.3) is 0 Å². The van der Waals surface area contributed by atoms with Gasteiger partial charge in [0, 0.05) is 24.6 Å². The van der Waals surface area contributed by atoms with Gasteiger partial charge in [-0.2, -0.15) is 4.37 Å². The number of aryl methyl sites for hydroxylation is 1. The maximum absolute atomic E-state index is 4.36. The Balaban J connectivity index is 2.06. The van der Waals surface area contributed by atoms with Crippen molar-refractivity contribution in [2.24, 2.45) is 0 Å². The first-order valence-electron chi connectivity index (χ1n) is 4.47. The highest BCUT2D eigenvalue weighted by atomic mass is 32.1. The second-order valence-corrected chi connectivity index (χ2v) is 4.09. The van der Waals surface area contributed by atoms with E-state index in [1.807, 2.05) is 6.92 Å². The molecule has 1 fully saturated rings. The van der Waals surface area contributed by atoms with E-state index < -0.39 is 0 Å². The summed E-state index contributed by atoms with van der Waals surface area (Å²) >= 11 is 1.49. The molecular weight excluding hydrogens is 182 g/mol. The maximum Gasteiger partial charge on any atom is 0.205 e. The summed E-state index contributed by atoms with van der Waals surface area (Å²) in [6.45, 7) is 8.02. The number of hydrogen-bond donors (Lipinski definition) is 0. The third kappa shape index (κ3) is 1.88. The molecule has 0 saturated carbocycles. The predicted molar refractivity (Wildman–Crippen MR) is 55.2 cm³/mol. The summed E-state index contributed by atoms with van der Waals surface area (Å²) in [6, 6.07) is 0. The SMILES string of the molecule is C=C1CCN(c2nc(C)ns2)CC1. The minimum Gasteiger partial charge on any atom is -0.346 e. The quantitative estimate of drug-likeness (QED) is 0.642. The van der Waals surface area contributed by atoms with Gasteiger partial charge < -0.3 is 4.90 Å². The Bertz CT molecular complexity index is 308. The van der Waals surface area contributed by atoms with Crippen molar-refractivity contribution in [1.82, 2.24) is 9.36 Å². The van der Waals surface area contributed by atoms with Crippen LogP contribution in [-0.4, -0.2) is 22.4 Å². The van der Waals surface area contributed by atoms with E-state index in [-0.39, 0.29) is 0 Å². The van der Waals surface area contributed by atoms with Crippen LogP contribution in [0.15, 0.2) is 12.2 Å². The third-order valence-electron chi connectivity index (χ3n) is 2.26. The van der Waals surface area contributed by atoms with Crippen LogP contribution in [0.1, 0.15) is 18.7 Å². The second kappa shape index (κ2) is 3.46. The molecule has 0 aliphatic carbocycles. The van der Waals surface area contributed by atoms with Gasteiger partial charge in [0.05, 0.1) is 0 Å². The van der Waals surface area contributed by atoms with Gasteiger partial charge in [0.1, 0.15) is 5.82 Å². The van der Waals surface area contributed by atoms with Crippen LogP contribution < -0.4 is 4.90 Å². The average Bonchev–Trinajstić information content (AvgIpc) is 2.53. The van der Waals surface area contributed by atoms with Gasteiger partial charge in [0.15, 0.2) is 0 Å². The van der Waals surface area contributed by atoms with E-state index in [2.05, 4.69) is 20.8 Å². The van der Waals surface area contributed by atoms with Crippen LogP contribution in [0.5, 0.6) is 0 Å². The Morgan fingerprint density at radius 1 is 1.38 bits per heavy atom. The zero-order valence-corrected chi connectivity index (χ0v) is 8.60. The summed E-state index contributed by atoms with van der Waals surface area (Å²) in [4.78, 5) is 6.65. The molecule has 0 amide bonds. The molecule has 13 heavy (non-hydrogen) atoms. The number of rotatable bonds is 1. The number of anilines is 1. The summed E-state index contributed by atoms with van der Waals surface area (Å²) in [6.07, 6.45) is 2.19. The zero-order valence-electron chi connectivity index (χ0n) is 7.79. The highest BCUT2D eigenvalue weighted by molar-refractivity contribution is 7.09. The van der Waals surface area contributed by atoms with Crippen molar-refractivity contribution in [2.75, 3.05) is 18.0 Å². The van der Waals surface area contributed by atoms with Crippen molar-refractivity contribution >= 4 is 16.7 Å². The first-order valence-corrected chi connectivity index (χ1v) is 5.25. The summed E-state index contributed by atoms with van der Waals surface area (Å²) in [5, 5.41) is 1.06. The molecule has 1 aromatic rings. The minimum absolute atomic E-state index is 0.879. The van der Waals surface area contributed by atoms with Crippen molar-refractivity contribution in [3.8, 4) is 0 Å². The lowest BCUT2D eigenvalue weighted by molar-refractivity contribution is 0.685. The van der Waals surface area contributed by atoms with Crippen molar-refractivity contribution in [2.45, 2.75) is 19.8 Å². The first-order chi connectivity index (χ1) is 6.25. The summed E-state index contributed by atoms with van der Waals surface area (Å²) in [7, 11) is 0. The van der Waals surface area contributed by atoms with Crippen molar-refractivity contribution in [3.63, 3.8) is 0 Å². The van der Waals surface area contributed by atoms with Crippen molar-refractivity contribution in [1.29, 1.82) is 0 Å². The van der Waals surface area contributed by atoms with Crippen LogP contribution in [0.3, 0.4) is 0 Å². The molecule has 0 spiro atoms. The summed E-state index contributed by atoms with van der Waals surface area (Å²) in [5.41, 5.74) is 1.36. The molecule has 1 aliphatic rings. The van der Waals surface area contributed by atoms with E-state index >= 15 is 0 Å². The Morgan fingerprint density at radius 2 is 2.08 bits per heavy atom. The van der Waals surface area contributed by atoms with Crippen LogP contribution in [0.2, 0.25) is 0 Å². The Labute approximate surface area is 82.3 Å². The van der Waals surface area contributed by atoms with Gasteiger partial charge in [0.25, 0.3) is 0 Å². The molecule has 3 nitrogen and oxygen atoms in total. The molecule has 0 radical (unpaired) electrons. The van der Waals surface area contributed by atoms with Crippen LogP contribution in [0, 0.1) is 6.92 Å². The third-order valence-corrected chi connectivity index (χ3v) is 3.13. The molecule has 4 heteroatoms. The molecule has 0 N–H and O–H groups in total. The molecule has 1 saturated heterocycles. The number of hydrogen-bond acceptors (Lipinski definition) is 4. The fourth-order valence-electron chi connectivity index (χ4n) is 1.43. The first kappa shape index (κ1) is 8.69. The number of nitrogens with zero attached hydrogens (tertiary/aromatic N) is 3. The molecule has 70 valence electrons. The Morgan fingerprint density at radius 3 is 2.62 bits per heavy atom. The molecular formula is C9H13N3S. The largest absolute Gasteiger partial charge is 0.346 e. The molecule has 0 aromatic carbocycles. The maximum atomic E-state index is 4.36. The lowest BCUT2D eigenvalue weighted by Crippen LogP contribution is -2.30. The number of piperidine rings is 1. The fraction of sp³-hybridized carbons (Fsp3) is 0.556. The van der Waals surface area contributed by atoms with Crippen LogP contribution in [-0.2, 0) is 0 Å². The van der Waals surface area contributed by atoms with E-state index in [1.165, 1.54) is 17.1 Å². The highest BCUT2D eigenvalue weighted by Crippen LogP contribution is 2.22. The van der Waals surface area contributed by atoms with E-state index in [4.69, 9.17) is 0 Å². The van der Waals surface area contributed by atoms with Crippen LogP contribution >= 0.6 is 11.5 Å². The fourth-order valence-corrected chi connectivity index (χ4v) is 2.15. The minimum atomic E-state index is 0.879. The molecule has 0 unspecified atom stereocenters. The van der Waals surface area contributed by atoms with Gasteiger partial charge in [0.2, 0.25) is 5.13 Å². The van der Waals surface area contributed by atoms with E-state index in [0.717, 1.165) is 36.9 Å². The predicted octanol–water partition coefficient (Wildman–Crippen LogP) is 2.00. The second-order valence-electron chi connectivity index (χ2n) is 3.36. The van der Waals surface area contributed by atoms with Crippen LogP contribution in [0.4, 0.5) is 5.13 Å². The Kier molecular flexibility index (Phi) is 2.31. The van der Waals surface area contributed by atoms with E-state index in [1.54, 1.807) is 0 Å². The monoisotopic (exact) mass is 195 g/mol. The number of aromatic nitrogens is 2. The molecule has 1 aliphatic heterocycles. The van der Waals surface area contributed by atoms with Gasteiger partial charge in [-0.3, -0.25) is 0 Å². The van der Waals surface area contributed by atoms with E-state index in [0.29, 0.717) is 0 Å². The van der Waals surface area contributed by atoms with Gasteiger partial charge in [-0.1, -0.05) is 12.2 Å². The smallest absolute Gasteiger partial charge is 0.205 e. The molecule has 1 aromatic heterocycles. The normalized spacial score (nSPS) is 17.9.